The summed E-state index contributed by atoms with van der Waals surface area (Å²) < 4.78 is 0. The zero-order valence-electron chi connectivity index (χ0n) is 22.1. The van der Waals surface area contributed by atoms with Crippen molar-refractivity contribution in [3.63, 3.8) is 0 Å². The topological polar surface area (TPSA) is 51.6 Å². The Morgan fingerprint density at radius 1 is 0.375 bits per heavy atom. The molecule has 0 spiro atoms. The van der Waals surface area contributed by atoms with Gasteiger partial charge in [-0.1, -0.05) is 24.3 Å². The molecule has 1 radical (unpaired) electrons. The Hall–Kier alpha value is -4.31. The van der Waals surface area contributed by atoms with Crippen molar-refractivity contribution in [1.82, 2.24) is 19.9 Å². The Labute approximate surface area is 250 Å². The molecule has 0 fully saturated rings. The molecule has 0 aliphatic rings. The van der Waals surface area contributed by atoms with E-state index in [0.717, 1.165) is 42.0 Å². The molecule has 2 aromatic carbocycles. The number of pyridine rings is 4. The maximum absolute atomic E-state index is 4.25. The summed E-state index contributed by atoms with van der Waals surface area (Å²) >= 11 is 0. The first-order valence-corrected chi connectivity index (χ1v) is 12.9. The molecule has 4 nitrogen and oxygen atoms in total. The predicted molar refractivity (Wildman–Crippen MR) is 156 cm³/mol. The molecule has 0 unspecified atom stereocenters. The van der Waals surface area contributed by atoms with E-state index in [1.165, 1.54) is 11.1 Å². The molecule has 0 aliphatic carbocycles. The van der Waals surface area contributed by atoms with E-state index < -0.39 is 0 Å². The van der Waals surface area contributed by atoms with E-state index in [-0.39, 0.29) is 20.1 Å². The molecule has 0 N–H and O–H groups in total. The van der Waals surface area contributed by atoms with Gasteiger partial charge in [-0.05, 0) is 61.4 Å². The van der Waals surface area contributed by atoms with Crippen molar-refractivity contribution in [3.05, 3.63) is 192 Å². The Morgan fingerprint density at radius 2 is 0.700 bits per heavy atom. The van der Waals surface area contributed by atoms with E-state index in [2.05, 4.69) is 44.2 Å². The molecule has 201 valence electrons. The largest absolute Gasteiger partial charge is 0.261 e. The third-order valence-electron chi connectivity index (χ3n) is 5.56. The van der Waals surface area contributed by atoms with Crippen LogP contribution in [0.4, 0.5) is 0 Å². The van der Waals surface area contributed by atoms with Crippen LogP contribution in [0.5, 0.6) is 0 Å². The number of hydrogen-bond acceptors (Lipinski definition) is 4. The summed E-state index contributed by atoms with van der Waals surface area (Å²) in [6.45, 7) is 0. The molecule has 0 saturated carbocycles. The van der Waals surface area contributed by atoms with Gasteiger partial charge in [-0.15, -0.1) is 0 Å². The standard InChI is InChI=1S/2C12H10N.C11H10N2.Ir/c2*1-2-6-11(7-3-1)10-12-8-4-5-9-13-12;1-3-7-12-10(5-1)9-11-6-2-4-8-13-11;/h2*1-6,8-9H,10H2;1-8H,9H2;/q2*-1;;. The average molecular weight is 699 g/mol. The second kappa shape index (κ2) is 18.1. The molecule has 4 heterocycles. The summed E-state index contributed by atoms with van der Waals surface area (Å²) in [5.74, 6) is 0. The van der Waals surface area contributed by atoms with Crippen molar-refractivity contribution < 1.29 is 20.1 Å². The summed E-state index contributed by atoms with van der Waals surface area (Å²) in [6, 6.07) is 46.1. The van der Waals surface area contributed by atoms with Gasteiger partial charge in [0.05, 0.1) is 0 Å². The summed E-state index contributed by atoms with van der Waals surface area (Å²) in [5.41, 5.74) is 6.65. The fourth-order valence-electron chi connectivity index (χ4n) is 3.67. The fraction of sp³-hybridized carbons (Fsp3) is 0.0857. The van der Waals surface area contributed by atoms with Crippen LogP contribution in [-0.2, 0) is 39.4 Å². The van der Waals surface area contributed by atoms with Crippen LogP contribution in [0.2, 0.25) is 0 Å². The Bertz CT molecular complexity index is 1140. The minimum absolute atomic E-state index is 0. The SMILES string of the molecule is [Ir].[c-]1ccccc1Cc1ccccn1.[c-]1ccccc1Cc1ccccn1.c1ccc(Cc2ccccn2)nc1. The van der Waals surface area contributed by atoms with Gasteiger partial charge < -0.3 is 0 Å². The van der Waals surface area contributed by atoms with E-state index in [4.69, 9.17) is 0 Å². The summed E-state index contributed by atoms with van der Waals surface area (Å²) in [4.78, 5) is 17.0. The molecule has 6 aromatic rings. The Morgan fingerprint density at radius 3 is 0.975 bits per heavy atom. The molecular weight excluding hydrogens is 669 g/mol. The Kier molecular flexibility index (Phi) is 13.7. The van der Waals surface area contributed by atoms with Crippen LogP contribution in [0.3, 0.4) is 0 Å². The van der Waals surface area contributed by atoms with Crippen LogP contribution < -0.4 is 0 Å². The maximum Gasteiger partial charge on any atom is 0.0463 e. The fourth-order valence-corrected chi connectivity index (χ4v) is 3.67. The minimum atomic E-state index is 0. The van der Waals surface area contributed by atoms with Crippen molar-refractivity contribution >= 4 is 0 Å². The first-order valence-electron chi connectivity index (χ1n) is 12.9. The van der Waals surface area contributed by atoms with E-state index in [9.17, 15) is 0 Å². The predicted octanol–water partition coefficient (Wildman–Crippen LogP) is 7.01. The van der Waals surface area contributed by atoms with Gasteiger partial charge in [0.2, 0.25) is 0 Å². The second-order valence-corrected chi connectivity index (χ2v) is 8.59. The number of hydrogen-bond donors (Lipinski definition) is 0. The molecule has 40 heavy (non-hydrogen) atoms. The van der Waals surface area contributed by atoms with Gasteiger partial charge in [-0.2, -0.15) is 71.8 Å². The van der Waals surface area contributed by atoms with Gasteiger partial charge in [0, 0.05) is 74.1 Å². The van der Waals surface area contributed by atoms with Crippen molar-refractivity contribution in [2.24, 2.45) is 0 Å². The zero-order chi connectivity index (χ0) is 26.8. The monoisotopic (exact) mass is 699 g/mol. The molecule has 6 rings (SSSR count). The molecule has 0 aliphatic heterocycles. The molecular formula is C35H30IrN4-2. The molecule has 0 bridgehead atoms. The molecule has 5 heteroatoms. The van der Waals surface area contributed by atoms with Crippen molar-refractivity contribution in [2.45, 2.75) is 19.3 Å². The summed E-state index contributed by atoms with van der Waals surface area (Å²) in [6.07, 6.45) is 9.78. The van der Waals surface area contributed by atoms with Gasteiger partial charge >= 0.3 is 0 Å². The number of rotatable bonds is 6. The molecule has 4 aromatic heterocycles. The Balaban J connectivity index is 0.000000163. The number of nitrogens with zero attached hydrogens (tertiary/aromatic N) is 4. The smallest absolute Gasteiger partial charge is 0.0463 e. The van der Waals surface area contributed by atoms with Crippen LogP contribution in [0.15, 0.2) is 146 Å². The van der Waals surface area contributed by atoms with E-state index >= 15 is 0 Å². The summed E-state index contributed by atoms with van der Waals surface area (Å²) in [5, 5.41) is 0. The van der Waals surface area contributed by atoms with Crippen molar-refractivity contribution in [2.75, 3.05) is 0 Å². The van der Waals surface area contributed by atoms with Crippen molar-refractivity contribution in [3.8, 4) is 0 Å². The normalized spacial score (nSPS) is 9.60. The summed E-state index contributed by atoms with van der Waals surface area (Å²) in [7, 11) is 0. The van der Waals surface area contributed by atoms with Gasteiger partial charge in [0.25, 0.3) is 0 Å². The van der Waals surface area contributed by atoms with Gasteiger partial charge in [-0.3, -0.25) is 19.9 Å². The molecule has 0 saturated heterocycles. The van der Waals surface area contributed by atoms with Crippen LogP contribution in [-0.4, -0.2) is 19.9 Å². The minimum Gasteiger partial charge on any atom is -0.261 e. The second-order valence-electron chi connectivity index (χ2n) is 8.59. The van der Waals surface area contributed by atoms with Crippen LogP contribution >= 0.6 is 0 Å². The van der Waals surface area contributed by atoms with Crippen LogP contribution in [0.25, 0.3) is 0 Å². The maximum atomic E-state index is 4.25. The number of benzene rings is 2. The first kappa shape index (κ1) is 30.2. The molecule has 0 atom stereocenters. The van der Waals surface area contributed by atoms with Crippen molar-refractivity contribution in [1.29, 1.82) is 0 Å². The van der Waals surface area contributed by atoms with E-state index in [0.29, 0.717) is 0 Å². The van der Waals surface area contributed by atoms with E-state index in [1.807, 2.05) is 122 Å². The van der Waals surface area contributed by atoms with Gasteiger partial charge in [-0.25, -0.2) is 0 Å². The zero-order valence-corrected chi connectivity index (χ0v) is 24.5. The van der Waals surface area contributed by atoms with Crippen LogP contribution in [0.1, 0.15) is 33.9 Å². The average Bonchev–Trinajstić information content (AvgIpc) is 3.01. The van der Waals surface area contributed by atoms with E-state index in [1.54, 1.807) is 12.4 Å². The first-order chi connectivity index (χ1) is 19.3. The van der Waals surface area contributed by atoms with Gasteiger partial charge in [0.1, 0.15) is 0 Å². The third kappa shape index (κ3) is 11.6. The van der Waals surface area contributed by atoms with Gasteiger partial charge in [0.15, 0.2) is 0 Å². The quantitative estimate of drug-likeness (QED) is 0.176. The number of aromatic nitrogens is 4. The molecule has 0 amide bonds. The third-order valence-corrected chi connectivity index (χ3v) is 5.56. The van der Waals surface area contributed by atoms with Crippen LogP contribution in [0, 0.1) is 12.1 Å².